The zero-order valence-corrected chi connectivity index (χ0v) is 11.9. The van der Waals surface area contributed by atoms with E-state index in [1.165, 1.54) is 0 Å². The highest BCUT2D eigenvalue weighted by atomic mass is 16.5. The molecule has 0 aliphatic carbocycles. The van der Waals surface area contributed by atoms with Gasteiger partial charge in [-0.05, 0) is 38.4 Å². The molecular formula is C15H21N3O2. The van der Waals surface area contributed by atoms with Crippen LogP contribution in [0.4, 0.5) is 5.69 Å². The molecule has 0 amide bonds. The van der Waals surface area contributed by atoms with Crippen LogP contribution in [0.1, 0.15) is 19.8 Å². The van der Waals surface area contributed by atoms with Gasteiger partial charge in [0.2, 0.25) is 0 Å². The van der Waals surface area contributed by atoms with Crippen LogP contribution in [0.5, 0.6) is 11.5 Å². The number of nitrogens with one attached hydrogen (secondary N) is 1. The van der Waals surface area contributed by atoms with Crippen LogP contribution in [0.3, 0.4) is 0 Å². The maximum Gasteiger partial charge on any atom is 0.167 e. The first-order valence-electron chi connectivity index (χ1n) is 6.78. The first-order valence-corrected chi connectivity index (χ1v) is 6.78. The van der Waals surface area contributed by atoms with Crippen LogP contribution in [-0.2, 0) is 0 Å². The van der Waals surface area contributed by atoms with Gasteiger partial charge in [0.1, 0.15) is 0 Å². The molecule has 0 aliphatic heterocycles. The molecule has 108 valence electrons. The Hall–Kier alpha value is -2.01. The molecule has 0 saturated carbocycles. The van der Waals surface area contributed by atoms with Gasteiger partial charge in [0.05, 0.1) is 18.3 Å². The van der Waals surface area contributed by atoms with E-state index in [1.807, 2.05) is 6.07 Å². The Morgan fingerprint density at radius 2 is 2.30 bits per heavy atom. The maximum absolute atomic E-state index is 10.1. The number of hydrogen-bond donors (Lipinski definition) is 3. The Bertz CT molecular complexity index is 587. The maximum atomic E-state index is 10.1. The third-order valence-electron chi connectivity index (χ3n) is 3.29. The minimum Gasteiger partial charge on any atom is -0.504 e. The summed E-state index contributed by atoms with van der Waals surface area (Å²) in [5, 5.41) is 14.2. The number of pyridine rings is 1. The largest absolute Gasteiger partial charge is 0.504 e. The lowest BCUT2D eigenvalue weighted by Crippen LogP contribution is -2.17. The zero-order chi connectivity index (χ0) is 14.5. The number of hydrogen-bond acceptors (Lipinski definition) is 5. The highest BCUT2D eigenvalue weighted by Crippen LogP contribution is 2.38. The molecule has 0 saturated heterocycles. The summed E-state index contributed by atoms with van der Waals surface area (Å²) < 4.78 is 5.22. The predicted molar refractivity (Wildman–Crippen MR) is 81.3 cm³/mol. The molecule has 0 aliphatic rings. The minimum atomic E-state index is 0.121. The smallest absolute Gasteiger partial charge is 0.167 e. The second-order valence-corrected chi connectivity index (χ2v) is 4.85. The van der Waals surface area contributed by atoms with Gasteiger partial charge in [-0.1, -0.05) is 0 Å². The summed E-state index contributed by atoms with van der Waals surface area (Å²) in [4.78, 5) is 4.35. The normalized spacial score (nSPS) is 12.3. The Morgan fingerprint density at radius 1 is 1.50 bits per heavy atom. The van der Waals surface area contributed by atoms with Gasteiger partial charge in [0, 0.05) is 23.7 Å². The van der Waals surface area contributed by atoms with Crippen molar-refractivity contribution in [3.8, 4) is 11.5 Å². The van der Waals surface area contributed by atoms with Gasteiger partial charge in [-0.3, -0.25) is 4.98 Å². The van der Waals surface area contributed by atoms with Crippen LogP contribution in [-0.4, -0.2) is 29.8 Å². The van der Waals surface area contributed by atoms with E-state index in [-0.39, 0.29) is 11.8 Å². The highest BCUT2D eigenvalue weighted by molar-refractivity contribution is 5.97. The van der Waals surface area contributed by atoms with E-state index in [2.05, 4.69) is 17.2 Å². The summed E-state index contributed by atoms with van der Waals surface area (Å²) in [7, 11) is 1.54. The van der Waals surface area contributed by atoms with Crippen LogP contribution >= 0.6 is 0 Å². The van der Waals surface area contributed by atoms with E-state index in [0.29, 0.717) is 17.7 Å². The van der Waals surface area contributed by atoms with E-state index < -0.39 is 0 Å². The fourth-order valence-corrected chi connectivity index (χ4v) is 2.24. The number of fused-ring (bicyclic) bond motifs is 1. The van der Waals surface area contributed by atoms with Crippen LogP contribution in [0.25, 0.3) is 10.9 Å². The first-order chi connectivity index (χ1) is 9.67. The zero-order valence-electron chi connectivity index (χ0n) is 11.9. The van der Waals surface area contributed by atoms with Crippen molar-refractivity contribution >= 4 is 16.6 Å². The number of rotatable bonds is 6. The summed E-state index contributed by atoms with van der Waals surface area (Å²) in [6.45, 7) is 2.79. The average molecular weight is 275 g/mol. The van der Waals surface area contributed by atoms with Crippen LogP contribution < -0.4 is 15.8 Å². The summed E-state index contributed by atoms with van der Waals surface area (Å²) >= 11 is 0. The van der Waals surface area contributed by atoms with E-state index in [9.17, 15) is 5.11 Å². The van der Waals surface area contributed by atoms with Crippen molar-refractivity contribution in [2.45, 2.75) is 25.8 Å². The third-order valence-corrected chi connectivity index (χ3v) is 3.29. The van der Waals surface area contributed by atoms with E-state index in [4.69, 9.17) is 10.5 Å². The average Bonchev–Trinajstić information content (AvgIpc) is 2.48. The lowest BCUT2D eigenvalue weighted by molar-refractivity contribution is 0.376. The molecule has 0 radical (unpaired) electrons. The van der Waals surface area contributed by atoms with Gasteiger partial charge >= 0.3 is 0 Å². The van der Waals surface area contributed by atoms with Gasteiger partial charge in [0.25, 0.3) is 0 Å². The first kappa shape index (κ1) is 14.4. The number of anilines is 1. The summed E-state index contributed by atoms with van der Waals surface area (Å²) in [5.74, 6) is 0.565. The van der Waals surface area contributed by atoms with Crippen molar-refractivity contribution in [1.29, 1.82) is 0 Å². The second-order valence-electron chi connectivity index (χ2n) is 4.85. The van der Waals surface area contributed by atoms with E-state index >= 15 is 0 Å². The molecule has 5 nitrogen and oxygen atoms in total. The highest BCUT2D eigenvalue weighted by Gasteiger charge is 2.14. The summed E-state index contributed by atoms with van der Waals surface area (Å²) in [5.41, 5.74) is 7.14. The van der Waals surface area contributed by atoms with E-state index in [1.54, 1.807) is 25.4 Å². The number of methoxy groups -OCH3 is 1. The second kappa shape index (κ2) is 6.43. The van der Waals surface area contributed by atoms with Crippen molar-refractivity contribution in [2.75, 3.05) is 19.0 Å². The number of aromatic hydroxyl groups is 1. The van der Waals surface area contributed by atoms with Gasteiger partial charge in [-0.2, -0.15) is 0 Å². The van der Waals surface area contributed by atoms with Gasteiger partial charge in [-0.25, -0.2) is 0 Å². The van der Waals surface area contributed by atoms with Crippen LogP contribution in [0.2, 0.25) is 0 Å². The van der Waals surface area contributed by atoms with Crippen molar-refractivity contribution < 1.29 is 9.84 Å². The quantitative estimate of drug-likeness (QED) is 0.706. The Morgan fingerprint density at radius 3 is 3.00 bits per heavy atom. The lowest BCUT2D eigenvalue weighted by atomic mass is 10.1. The summed E-state index contributed by atoms with van der Waals surface area (Å²) in [6.07, 6.45) is 3.66. The number of phenolic OH excluding ortho intramolecular Hbond substituents is 1. The standard InChI is InChI=1S/C15H21N3O2/c1-10(5-3-7-16)18-12-9-13(20-2)15(19)11-6-4-8-17-14(11)12/h4,6,8-10,18-19H,3,5,7,16H2,1-2H3/t10-/m1/s1. The van der Waals surface area contributed by atoms with Crippen LogP contribution in [0.15, 0.2) is 24.4 Å². The predicted octanol–water partition coefficient (Wildman–Crippen LogP) is 2.49. The Labute approximate surface area is 118 Å². The Balaban J connectivity index is 2.39. The fourth-order valence-electron chi connectivity index (χ4n) is 2.24. The fraction of sp³-hybridized carbons (Fsp3) is 0.400. The number of nitrogens with two attached hydrogens (primary N) is 1. The van der Waals surface area contributed by atoms with Crippen LogP contribution in [0, 0.1) is 0 Å². The number of nitrogens with zero attached hydrogens (tertiary/aromatic N) is 1. The molecule has 1 aromatic heterocycles. The van der Waals surface area contributed by atoms with Gasteiger partial charge in [0.15, 0.2) is 11.5 Å². The number of ether oxygens (including phenoxy) is 1. The molecule has 20 heavy (non-hydrogen) atoms. The molecule has 4 N–H and O–H groups in total. The molecule has 0 fully saturated rings. The van der Waals surface area contributed by atoms with Crippen molar-refractivity contribution in [3.05, 3.63) is 24.4 Å². The van der Waals surface area contributed by atoms with Gasteiger partial charge in [-0.15, -0.1) is 0 Å². The molecule has 0 bridgehead atoms. The number of aromatic nitrogens is 1. The van der Waals surface area contributed by atoms with Crippen molar-refractivity contribution in [3.63, 3.8) is 0 Å². The molecular weight excluding hydrogens is 254 g/mol. The monoisotopic (exact) mass is 275 g/mol. The minimum absolute atomic E-state index is 0.121. The molecule has 2 aromatic rings. The van der Waals surface area contributed by atoms with Crippen molar-refractivity contribution in [1.82, 2.24) is 4.98 Å². The third kappa shape index (κ3) is 2.93. The molecule has 0 unspecified atom stereocenters. The molecule has 2 rings (SSSR count). The molecule has 1 atom stereocenters. The lowest BCUT2D eigenvalue weighted by Gasteiger charge is -2.18. The van der Waals surface area contributed by atoms with Gasteiger partial charge < -0.3 is 20.9 Å². The molecule has 1 aromatic carbocycles. The number of benzene rings is 1. The molecule has 1 heterocycles. The Kier molecular flexibility index (Phi) is 4.63. The number of phenols is 1. The molecule has 5 heteroatoms. The molecule has 0 spiro atoms. The van der Waals surface area contributed by atoms with E-state index in [0.717, 1.165) is 24.0 Å². The van der Waals surface area contributed by atoms with Crippen molar-refractivity contribution in [2.24, 2.45) is 5.73 Å². The SMILES string of the molecule is COc1cc(N[C@H](C)CCCN)c2ncccc2c1O. The summed E-state index contributed by atoms with van der Waals surface area (Å²) in [6, 6.07) is 5.68. The topological polar surface area (TPSA) is 80.4 Å².